The van der Waals surface area contributed by atoms with E-state index in [0.29, 0.717) is 23.4 Å². The first kappa shape index (κ1) is 12.3. The average Bonchev–Trinajstić information content (AvgIpc) is 2.25. The van der Waals surface area contributed by atoms with Crippen LogP contribution in [0.1, 0.15) is 23.7 Å². The highest BCUT2D eigenvalue weighted by molar-refractivity contribution is 5.99. The van der Waals surface area contributed by atoms with Crippen LogP contribution in [0.2, 0.25) is 0 Å². The van der Waals surface area contributed by atoms with E-state index < -0.39 is 6.10 Å². The Morgan fingerprint density at radius 3 is 2.75 bits per heavy atom. The van der Waals surface area contributed by atoms with Gasteiger partial charge in [-0.15, -0.1) is 0 Å². The van der Waals surface area contributed by atoms with Gasteiger partial charge in [-0.1, -0.05) is 6.92 Å². The number of nitrogens with two attached hydrogens (primary N) is 2. The fourth-order valence-electron chi connectivity index (χ4n) is 1.24. The normalized spacial score (nSPS) is 12.1. The first-order valence-electron chi connectivity index (χ1n) is 5.15. The van der Waals surface area contributed by atoms with Gasteiger partial charge in [-0.25, -0.2) is 0 Å². The molecule has 6 N–H and O–H groups in total. The summed E-state index contributed by atoms with van der Waals surface area (Å²) in [6.07, 6.45) is 0.0660. The second-order valence-electron chi connectivity index (χ2n) is 3.62. The lowest BCUT2D eigenvalue weighted by molar-refractivity contribution is 0.0915. The van der Waals surface area contributed by atoms with Gasteiger partial charge in [-0.05, 0) is 24.6 Å². The van der Waals surface area contributed by atoms with Gasteiger partial charge >= 0.3 is 0 Å². The van der Waals surface area contributed by atoms with Gasteiger partial charge in [-0.2, -0.15) is 0 Å². The van der Waals surface area contributed by atoms with Crippen molar-refractivity contribution in [3.63, 3.8) is 0 Å². The van der Waals surface area contributed by atoms with Gasteiger partial charge in [0.1, 0.15) is 0 Å². The molecule has 5 nitrogen and oxygen atoms in total. The number of carbonyl (C=O) groups excluding carboxylic acids is 1. The molecule has 0 fully saturated rings. The van der Waals surface area contributed by atoms with Gasteiger partial charge in [0.25, 0.3) is 5.91 Å². The molecule has 1 unspecified atom stereocenters. The molecule has 1 atom stereocenters. The molecular formula is C11H17N3O2. The molecule has 1 amide bonds. The fourth-order valence-corrected chi connectivity index (χ4v) is 1.24. The van der Waals surface area contributed by atoms with Crippen LogP contribution in [0.3, 0.4) is 0 Å². The molecule has 16 heavy (non-hydrogen) atoms. The molecule has 0 aliphatic heterocycles. The third kappa shape index (κ3) is 3.13. The zero-order valence-electron chi connectivity index (χ0n) is 9.23. The molecule has 0 saturated carbocycles. The fraction of sp³-hybridized carbons (Fsp3) is 0.364. The number of hydrogen-bond donors (Lipinski definition) is 4. The van der Waals surface area contributed by atoms with E-state index in [1.165, 1.54) is 6.07 Å². The maximum absolute atomic E-state index is 11.7. The lowest BCUT2D eigenvalue weighted by Crippen LogP contribution is -2.32. The highest BCUT2D eigenvalue weighted by atomic mass is 16.3. The van der Waals surface area contributed by atoms with E-state index in [4.69, 9.17) is 11.5 Å². The summed E-state index contributed by atoms with van der Waals surface area (Å²) in [6.45, 7) is 2.06. The Labute approximate surface area is 94.4 Å². The Morgan fingerprint density at radius 2 is 2.19 bits per heavy atom. The average molecular weight is 223 g/mol. The smallest absolute Gasteiger partial charge is 0.253 e. The topological polar surface area (TPSA) is 101 Å². The number of nitrogen functional groups attached to an aromatic ring is 2. The van der Waals surface area contributed by atoms with Crippen LogP contribution in [0, 0.1) is 0 Å². The van der Waals surface area contributed by atoms with E-state index in [-0.39, 0.29) is 12.5 Å². The number of amides is 1. The van der Waals surface area contributed by atoms with Crippen LogP contribution in [0.25, 0.3) is 0 Å². The molecular weight excluding hydrogens is 206 g/mol. The lowest BCUT2D eigenvalue weighted by Gasteiger charge is -2.11. The van der Waals surface area contributed by atoms with Crippen LogP contribution < -0.4 is 16.8 Å². The first-order valence-corrected chi connectivity index (χ1v) is 5.15. The van der Waals surface area contributed by atoms with Gasteiger partial charge in [0.05, 0.1) is 11.7 Å². The number of anilines is 2. The summed E-state index contributed by atoms with van der Waals surface area (Å²) in [7, 11) is 0. The van der Waals surface area contributed by atoms with E-state index in [9.17, 15) is 9.90 Å². The van der Waals surface area contributed by atoms with Crippen LogP contribution in [-0.2, 0) is 0 Å². The van der Waals surface area contributed by atoms with Crippen LogP contribution >= 0.6 is 0 Å². The highest BCUT2D eigenvalue weighted by Crippen LogP contribution is 2.15. The van der Waals surface area contributed by atoms with E-state index in [1.807, 2.05) is 6.92 Å². The Bertz CT molecular complexity index is 379. The molecule has 0 aliphatic carbocycles. The van der Waals surface area contributed by atoms with Crippen molar-refractivity contribution in [3.8, 4) is 0 Å². The van der Waals surface area contributed by atoms with Gasteiger partial charge in [0, 0.05) is 17.9 Å². The van der Waals surface area contributed by atoms with E-state index >= 15 is 0 Å². The largest absolute Gasteiger partial charge is 0.399 e. The molecule has 1 rings (SSSR count). The number of aliphatic hydroxyl groups excluding tert-OH is 1. The van der Waals surface area contributed by atoms with Crippen molar-refractivity contribution in [2.45, 2.75) is 19.4 Å². The number of hydrogen-bond acceptors (Lipinski definition) is 4. The number of carbonyl (C=O) groups is 1. The molecule has 0 saturated heterocycles. The Hall–Kier alpha value is -1.75. The number of aliphatic hydroxyl groups is 1. The molecule has 0 bridgehead atoms. The van der Waals surface area contributed by atoms with Crippen LogP contribution in [0.4, 0.5) is 11.4 Å². The summed E-state index contributed by atoms with van der Waals surface area (Å²) in [5, 5.41) is 11.9. The van der Waals surface area contributed by atoms with Crippen LogP contribution in [-0.4, -0.2) is 23.7 Å². The third-order valence-corrected chi connectivity index (χ3v) is 2.29. The van der Waals surface area contributed by atoms with Crippen LogP contribution in [0.5, 0.6) is 0 Å². The molecule has 0 radical (unpaired) electrons. The molecule has 1 aromatic carbocycles. The minimum atomic E-state index is -0.529. The van der Waals surface area contributed by atoms with Crippen LogP contribution in [0.15, 0.2) is 18.2 Å². The second-order valence-corrected chi connectivity index (χ2v) is 3.62. The summed E-state index contributed by atoms with van der Waals surface area (Å²) < 4.78 is 0. The summed E-state index contributed by atoms with van der Waals surface area (Å²) in [4.78, 5) is 11.7. The third-order valence-electron chi connectivity index (χ3n) is 2.29. The van der Waals surface area contributed by atoms with Crippen molar-refractivity contribution < 1.29 is 9.90 Å². The molecule has 88 valence electrons. The zero-order valence-corrected chi connectivity index (χ0v) is 9.23. The number of rotatable bonds is 4. The van der Waals surface area contributed by atoms with E-state index in [2.05, 4.69) is 5.32 Å². The minimum Gasteiger partial charge on any atom is -0.399 e. The van der Waals surface area contributed by atoms with Crippen molar-refractivity contribution in [1.29, 1.82) is 0 Å². The Balaban J connectivity index is 2.66. The monoisotopic (exact) mass is 223 g/mol. The predicted molar refractivity (Wildman–Crippen MR) is 63.9 cm³/mol. The van der Waals surface area contributed by atoms with Gasteiger partial charge < -0.3 is 21.9 Å². The lowest BCUT2D eigenvalue weighted by atomic mass is 10.1. The minimum absolute atomic E-state index is 0.221. The summed E-state index contributed by atoms with van der Waals surface area (Å²) in [6, 6.07) is 4.71. The Morgan fingerprint density at radius 1 is 1.50 bits per heavy atom. The quantitative estimate of drug-likeness (QED) is 0.553. The number of benzene rings is 1. The number of nitrogens with one attached hydrogen (secondary N) is 1. The molecule has 5 heteroatoms. The zero-order chi connectivity index (χ0) is 12.1. The van der Waals surface area contributed by atoms with Gasteiger partial charge in [0.15, 0.2) is 0 Å². The summed E-state index contributed by atoms with van der Waals surface area (Å²) in [5.74, 6) is -0.301. The predicted octanol–water partition coefficient (Wildman–Crippen LogP) is 0.352. The van der Waals surface area contributed by atoms with Gasteiger partial charge in [0.2, 0.25) is 0 Å². The molecule has 0 spiro atoms. The van der Waals surface area contributed by atoms with Crippen molar-refractivity contribution in [3.05, 3.63) is 23.8 Å². The van der Waals surface area contributed by atoms with E-state index in [1.54, 1.807) is 12.1 Å². The standard InChI is InChI=1S/C11H17N3O2/c1-2-8(15)6-14-11(16)9-4-3-7(12)5-10(9)13/h3-5,8,15H,2,6,12-13H2,1H3,(H,14,16). The molecule has 0 heterocycles. The molecule has 0 aliphatic rings. The molecule has 0 aromatic heterocycles. The first-order chi connectivity index (χ1) is 7.54. The van der Waals surface area contributed by atoms with Gasteiger partial charge in [-0.3, -0.25) is 4.79 Å². The van der Waals surface area contributed by atoms with E-state index in [0.717, 1.165) is 0 Å². The van der Waals surface area contributed by atoms with Crippen molar-refractivity contribution in [2.75, 3.05) is 18.0 Å². The van der Waals surface area contributed by atoms with Crippen molar-refractivity contribution >= 4 is 17.3 Å². The summed E-state index contributed by atoms with van der Waals surface area (Å²) >= 11 is 0. The van der Waals surface area contributed by atoms with Crippen molar-refractivity contribution in [1.82, 2.24) is 5.32 Å². The molecule has 1 aromatic rings. The maximum atomic E-state index is 11.7. The highest BCUT2D eigenvalue weighted by Gasteiger charge is 2.10. The SMILES string of the molecule is CCC(O)CNC(=O)c1ccc(N)cc1N. The van der Waals surface area contributed by atoms with Crippen molar-refractivity contribution in [2.24, 2.45) is 0 Å². The second kappa shape index (κ2) is 5.37. The Kier molecular flexibility index (Phi) is 4.13. The summed E-state index contributed by atoms with van der Waals surface area (Å²) in [5.41, 5.74) is 12.4. The maximum Gasteiger partial charge on any atom is 0.253 e.